The van der Waals surface area contributed by atoms with Gasteiger partial charge in [-0.25, -0.2) is 0 Å². The van der Waals surface area contributed by atoms with Gasteiger partial charge >= 0.3 is 5.97 Å². The molecule has 0 aliphatic carbocycles. The summed E-state index contributed by atoms with van der Waals surface area (Å²) in [5.74, 6) is -1.22. The molecule has 0 spiro atoms. The van der Waals surface area contributed by atoms with E-state index in [1.165, 1.54) is 10.4 Å². The molecule has 2 heterocycles. The van der Waals surface area contributed by atoms with Crippen LogP contribution in [-0.2, 0) is 22.6 Å². The Morgan fingerprint density at radius 2 is 2.30 bits per heavy atom. The lowest BCUT2D eigenvalue weighted by molar-refractivity contribution is -0.142. The molecule has 0 radical (unpaired) electrons. The minimum absolute atomic E-state index is 0.0712. The van der Waals surface area contributed by atoms with Gasteiger partial charge in [-0.1, -0.05) is 6.92 Å². The van der Waals surface area contributed by atoms with E-state index >= 15 is 0 Å². The first-order chi connectivity index (χ1) is 9.47. The van der Waals surface area contributed by atoms with E-state index in [0.29, 0.717) is 13.1 Å². The molecule has 0 saturated heterocycles. The number of aliphatic carboxylic acids is 1. The first-order valence-corrected chi connectivity index (χ1v) is 7.59. The van der Waals surface area contributed by atoms with Crippen molar-refractivity contribution in [3.8, 4) is 0 Å². The average Bonchev–Trinajstić information content (AvgIpc) is 2.85. The predicted octanol–water partition coefficient (Wildman–Crippen LogP) is 1.29. The summed E-state index contributed by atoms with van der Waals surface area (Å²) in [4.78, 5) is 28.1. The summed E-state index contributed by atoms with van der Waals surface area (Å²) in [5.41, 5.74) is 1.25. The molecule has 1 aromatic heterocycles. The quantitative estimate of drug-likeness (QED) is 0.889. The van der Waals surface area contributed by atoms with Crippen LogP contribution >= 0.6 is 11.3 Å². The van der Waals surface area contributed by atoms with Crippen LogP contribution in [0.1, 0.15) is 17.4 Å². The van der Waals surface area contributed by atoms with E-state index in [0.717, 1.165) is 13.0 Å². The van der Waals surface area contributed by atoms with Crippen molar-refractivity contribution in [2.24, 2.45) is 5.92 Å². The summed E-state index contributed by atoms with van der Waals surface area (Å²) >= 11 is 1.75. The van der Waals surface area contributed by atoms with Gasteiger partial charge in [-0.15, -0.1) is 11.3 Å². The number of carboxylic acids is 1. The van der Waals surface area contributed by atoms with Crippen molar-refractivity contribution in [3.05, 3.63) is 21.9 Å². The van der Waals surface area contributed by atoms with Gasteiger partial charge in [0.05, 0.1) is 12.5 Å². The van der Waals surface area contributed by atoms with Crippen LogP contribution in [0.15, 0.2) is 11.4 Å². The number of hydrogen-bond donors (Lipinski definition) is 1. The largest absolute Gasteiger partial charge is 0.481 e. The molecule has 0 aromatic carbocycles. The van der Waals surface area contributed by atoms with Crippen molar-refractivity contribution in [2.45, 2.75) is 19.9 Å². The molecular weight excluding hydrogens is 276 g/mol. The molecule has 1 aromatic rings. The molecule has 0 bridgehead atoms. The number of thiophene rings is 1. The molecular formula is C14H20N2O3S. The Bertz CT molecular complexity index is 500. The van der Waals surface area contributed by atoms with Crippen molar-refractivity contribution >= 4 is 23.2 Å². The van der Waals surface area contributed by atoms with E-state index in [1.54, 1.807) is 30.2 Å². The molecule has 1 atom stereocenters. The number of hydrogen-bond acceptors (Lipinski definition) is 4. The maximum absolute atomic E-state index is 12.2. The zero-order valence-corrected chi connectivity index (χ0v) is 12.7. The summed E-state index contributed by atoms with van der Waals surface area (Å²) in [6, 6.07) is 2.08. The lowest BCUT2D eigenvalue weighted by atomic mass is 10.1. The number of likely N-dealkylation sites (N-methyl/N-ethyl adjacent to an activating group) is 1. The fraction of sp³-hybridized carbons (Fsp3) is 0.571. The summed E-state index contributed by atoms with van der Waals surface area (Å²) in [7, 11) is 1.79. The highest BCUT2D eigenvalue weighted by Gasteiger charge is 2.23. The lowest BCUT2D eigenvalue weighted by Crippen LogP contribution is -2.42. The van der Waals surface area contributed by atoms with Crippen molar-refractivity contribution in [3.63, 3.8) is 0 Å². The third kappa shape index (κ3) is 3.58. The minimum Gasteiger partial charge on any atom is -0.481 e. The molecule has 1 N–H and O–H groups in total. The highest BCUT2D eigenvalue weighted by atomic mass is 32.1. The molecule has 1 aliphatic heterocycles. The molecule has 0 fully saturated rings. The Balaban J connectivity index is 1.85. The Labute approximate surface area is 122 Å². The maximum atomic E-state index is 12.2. The Morgan fingerprint density at radius 1 is 1.55 bits per heavy atom. The SMILES string of the molecule is CC(CN(C)CC(=O)N1CCc2sccc2C1)C(=O)O. The number of fused-ring (bicyclic) bond motifs is 1. The Kier molecular flexibility index (Phi) is 4.77. The number of nitrogens with zero attached hydrogens (tertiary/aromatic N) is 2. The highest BCUT2D eigenvalue weighted by Crippen LogP contribution is 2.23. The predicted molar refractivity (Wildman–Crippen MR) is 77.7 cm³/mol. The summed E-state index contributed by atoms with van der Waals surface area (Å²) in [6.07, 6.45) is 0.925. The highest BCUT2D eigenvalue weighted by molar-refractivity contribution is 7.10. The van der Waals surface area contributed by atoms with Gasteiger partial charge in [0.2, 0.25) is 5.91 Å². The minimum atomic E-state index is -0.829. The van der Waals surface area contributed by atoms with Crippen molar-refractivity contribution in [1.29, 1.82) is 0 Å². The second kappa shape index (κ2) is 6.37. The normalized spacial score (nSPS) is 16.1. The van der Waals surface area contributed by atoms with Crippen LogP contribution in [-0.4, -0.2) is 53.5 Å². The van der Waals surface area contributed by atoms with Crippen molar-refractivity contribution < 1.29 is 14.7 Å². The van der Waals surface area contributed by atoms with Gasteiger partial charge in [0.15, 0.2) is 0 Å². The zero-order chi connectivity index (χ0) is 14.7. The molecule has 5 nitrogen and oxygen atoms in total. The number of rotatable bonds is 5. The first kappa shape index (κ1) is 15.0. The molecule has 2 rings (SSSR count). The third-order valence-electron chi connectivity index (χ3n) is 3.57. The van der Waals surface area contributed by atoms with Crippen molar-refractivity contribution in [1.82, 2.24) is 9.80 Å². The van der Waals surface area contributed by atoms with Crippen LogP contribution in [0, 0.1) is 5.92 Å². The maximum Gasteiger partial charge on any atom is 0.307 e. The van der Waals surface area contributed by atoms with Crippen LogP contribution in [0.2, 0.25) is 0 Å². The molecule has 1 unspecified atom stereocenters. The second-order valence-corrected chi connectivity index (χ2v) is 6.37. The topological polar surface area (TPSA) is 60.9 Å². The van der Waals surface area contributed by atoms with Gasteiger partial charge in [0.25, 0.3) is 0 Å². The van der Waals surface area contributed by atoms with Gasteiger partial charge < -0.3 is 10.0 Å². The van der Waals surface area contributed by atoms with Crippen LogP contribution in [0.25, 0.3) is 0 Å². The van der Waals surface area contributed by atoms with E-state index in [-0.39, 0.29) is 12.5 Å². The number of carboxylic acid groups (broad SMARTS) is 1. The van der Waals surface area contributed by atoms with E-state index in [9.17, 15) is 9.59 Å². The Morgan fingerprint density at radius 3 is 3.00 bits per heavy atom. The lowest BCUT2D eigenvalue weighted by Gasteiger charge is -2.29. The second-order valence-electron chi connectivity index (χ2n) is 5.37. The third-order valence-corrected chi connectivity index (χ3v) is 4.60. The van der Waals surface area contributed by atoms with Crippen LogP contribution in [0.5, 0.6) is 0 Å². The zero-order valence-electron chi connectivity index (χ0n) is 11.8. The van der Waals surface area contributed by atoms with Crippen LogP contribution in [0.4, 0.5) is 0 Å². The number of carbonyl (C=O) groups is 2. The van der Waals surface area contributed by atoms with Crippen LogP contribution < -0.4 is 0 Å². The van der Waals surface area contributed by atoms with E-state index in [2.05, 4.69) is 11.4 Å². The molecule has 1 amide bonds. The molecule has 20 heavy (non-hydrogen) atoms. The standard InChI is InChI=1S/C14H20N2O3S/c1-10(14(18)19)7-15(2)9-13(17)16-5-3-12-11(8-16)4-6-20-12/h4,6,10H,3,5,7-9H2,1-2H3,(H,18,19). The Hall–Kier alpha value is -1.40. The van der Waals surface area contributed by atoms with E-state index < -0.39 is 11.9 Å². The smallest absolute Gasteiger partial charge is 0.307 e. The first-order valence-electron chi connectivity index (χ1n) is 6.71. The van der Waals surface area contributed by atoms with Gasteiger partial charge in [-0.3, -0.25) is 14.5 Å². The monoisotopic (exact) mass is 296 g/mol. The fourth-order valence-electron chi connectivity index (χ4n) is 2.40. The summed E-state index contributed by atoms with van der Waals surface area (Å²) in [6.45, 7) is 3.76. The van der Waals surface area contributed by atoms with E-state index in [1.807, 2.05) is 4.90 Å². The van der Waals surface area contributed by atoms with Crippen LogP contribution in [0.3, 0.4) is 0 Å². The molecule has 0 saturated carbocycles. The summed E-state index contributed by atoms with van der Waals surface area (Å²) in [5, 5.41) is 10.9. The van der Waals surface area contributed by atoms with Gasteiger partial charge in [0.1, 0.15) is 0 Å². The number of amides is 1. The molecule has 6 heteroatoms. The molecule has 110 valence electrons. The van der Waals surface area contributed by atoms with Gasteiger partial charge in [-0.05, 0) is 30.5 Å². The van der Waals surface area contributed by atoms with E-state index in [4.69, 9.17) is 5.11 Å². The molecule has 1 aliphatic rings. The van der Waals surface area contributed by atoms with Gasteiger partial charge in [0, 0.05) is 24.5 Å². The summed E-state index contributed by atoms with van der Waals surface area (Å²) < 4.78 is 0. The average molecular weight is 296 g/mol. The fourth-order valence-corrected chi connectivity index (χ4v) is 3.29. The number of carbonyl (C=O) groups excluding carboxylic acids is 1. The van der Waals surface area contributed by atoms with Crippen molar-refractivity contribution in [2.75, 3.05) is 26.7 Å². The van der Waals surface area contributed by atoms with Gasteiger partial charge in [-0.2, -0.15) is 0 Å².